The molecule has 0 heterocycles. The van der Waals surface area contributed by atoms with E-state index in [0.29, 0.717) is 17.3 Å². The van der Waals surface area contributed by atoms with Crippen LogP contribution in [-0.4, -0.2) is 13.7 Å². The molecule has 2 aromatic carbocycles. The van der Waals surface area contributed by atoms with Gasteiger partial charge in [0, 0.05) is 6.54 Å². The number of halogens is 1. The zero-order chi connectivity index (χ0) is 13.7. The van der Waals surface area contributed by atoms with Crippen LogP contribution < -0.4 is 15.2 Å². The fraction of sp³-hybridized carbons (Fsp3) is 0.200. The van der Waals surface area contributed by atoms with Crippen LogP contribution in [0.1, 0.15) is 11.7 Å². The molecule has 0 fully saturated rings. The number of ether oxygens (including phenoxy) is 2. The lowest BCUT2D eigenvalue weighted by Crippen LogP contribution is -2.18. The van der Waals surface area contributed by atoms with Gasteiger partial charge < -0.3 is 15.2 Å². The van der Waals surface area contributed by atoms with Crippen LogP contribution in [0.2, 0.25) is 5.02 Å². The number of para-hydroxylation sites is 1. The third kappa shape index (κ3) is 3.40. The molecule has 19 heavy (non-hydrogen) atoms. The van der Waals surface area contributed by atoms with Crippen molar-refractivity contribution in [3.05, 3.63) is 59.1 Å². The van der Waals surface area contributed by atoms with E-state index in [1.165, 1.54) is 0 Å². The summed E-state index contributed by atoms with van der Waals surface area (Å²) in [5, 5.41) is 0.573. The van der Waals surface area contributed by atoms with E-state index < -0.39 is 0 Å². The van der Waals surface area contributed by atoms with Crippen molar-refractivity contribution in [2.75, 3.05) is 13.7 Å². The van der Waals surface area contributed by atoms with Crippen LogP contribution in [0.3, 0.4) is 0 Å². The Morgan fingerprint density at radius 2 is 1.95 bits per heavy atom. The fourth-order valence-electron chi connectivity index (χ4n) is 1.79. The zero-order valence-electron chi connectivity index (χ0n) is 10.7. The number of hydrogen-bond acceptors (Lipinski definition) is 3. The minimum atomic E-state index is -0.255. The normalized spacial score (nSPS) is 11.9. The van der Waals surface area contributed by atoms with Crippen molar-refractivity contribution < 1.29 is 9.47 Å². The van der Waals surface area contributed by atoms with Crippen LogP contribution in [0.15, 0.2) is 48.5 Å². The predicted molar refractivity (Wildman–Crippen MR) is 76.9 cm³/mol. The lowest BCUT2D eigenvalue weighted by Gasteiger charge is -2.19. The molecule has 0 aliphatic heterocycles. The molecule has 3 nitrogen and oxygen atoms in total. The van der Waals surface area contributed by atoms with Gasteiger partial charge in [-0.25, -0.2) is 0 Å². The van der Waals surface area contributed by atoms with Gasteiger partial charge >= 0.3 is 0 Å². The average molecular weight is 278 g/mol. The highest BCUT2D eigenvalue weighted by Gasteiger charge is 2.13. The molecule has 100 valence electrons. The summed E-state index contributed by atoms with van der Waals surface area (Å²) in [7, 11) is 1.63. The number of rotatable bonds is 5. The Balaban J connectivity index is 2.22. The highest BCUT2D eigenvalue weighted by molar-refractivity contribution is 6.32. The first-order valence-electron chi connectivity index (χ1n) is 6.00. The smallest absolute Gasteiger partial charge is 0.138 e. The average Bonchev–Trinajstić information content (AvgIpc) is 2.46. The standard InChI is InChI=1S/C15H16ClNO2/c1-18-12-6-4-5-11(9-12)15(10-17)19-14-8-3-2-7-13(14)16/h2-9,15H,10,17H2,1H3. The molecule has 0 bridgehead atoms. The molecule has 2 aromatic rings. The van der Waals surface area contributed by atoms with Gasteiger partial charge in [-0.15, -0.1) is 0 Å². The summed E-state index contributed by atoms with van der Waals surface area (Å²) in [6, 6.07) is 15.0. The second kappa shape index (κ2) is 6.45. The molecule has 1 unspecified atom stereocenters. The largest absolute Gasteiger partial charge is 0.497 e. The van der Waals surface area contributed by atoms with Crippen molar-refractivity contribution in [2.24, 2.45) is 5.73 Å². The van der Waals surface area contributed by atoms with Gasteiger partial charge in [0.05, 0.1) is 12.1 Å². The number of methoxy groups -OCH3 is 1. The summed E-state index contributed by atoms with van der Waals surface area (Å²) in [6.45, 7) is 0.360. The Morgan fingerprint density at radius 1 is 1.16 bits per heavy atom. The van der Waals surface area contributed by atoms with E-state index in [1.807, 2.05) is 42.5 Å². The van der Waals surface area contributed by atoms with Gasteiger partial charge in [0.2, 0.25) is 0 Å². The molecule has 0 saturated heterocycles. The first-order valence-corrected chi connectivity index (χ1v) is 6.37. The summed E-state index contributed by atoms with van der Waals surface area (Å²) < 4.78 is 11.1. The fourth-order valence-corrected chi connectivity index (χ4v) is 1.97. The molecule has 4 heteroatoms. The van der Waals surface area contributed by atoms with E-state index in [0.717, 1.165) is 11.3 Å². The van der Waals surface area contributed by atoms with E-state index in [2.05, 4.69) is 0 Å². The lowest BCUT2D eigenvalue weighted by atomic mass is 10.1. The molecule has 2 N–H and O–H groups in total. The lowest BCUT2D eigenvalue weighted by molar-refractivity contribution is 0.214. The second-order valence-corrected chi connectivity index (χ2v) is 4.46. The topological polar surface area (TPSA) is 44.5 Å². The van der Waals surface area contributed by atoms with Gasteiger partial charge in [0.25, 0.3) is 0 Å². The molecule has 0 saturated carbocycles. The number of hydrogen-bond donors (Lipinski definition) is 1. The van der Waals surface area contributed by atoms with Gasteiger partial charge in [0.1, 0.15) is 17.6 Å². The van der Waals surface area contributed by atoms with Crippen LogP contribution in [0.5, 0.6) is 11.5 Å². The Hall–Kier alpha value is -1.71. The van der Waals surface area contributed by atoms with Gasteiger partial charge in [-0.3, -0.25) is 0 Å². The zero-order valence-corrected chi connectivity index (χ0v) is 11.4. The molecule has 2 rings (SSSR count). The van der Waals surface area contributed by atoms with Crippen LogP contribution >= 0.6 is 11.6 Å². The van der Waals surface area contributed by atoms with Crippen LogP contribution in [0, 0.1) is 0 Å². The van der Waals surface area contributed by atoms with Crippen molar-refractivity contribution in [3.8, 4) is 11.5 Å². The highest BCUT2D eigenvalue weighted by Crippen LogP contribution is 2.29. The minimum Gasteiger partial charge on any atom is -0.497 e. The molecule has 0 radical (unpaired) electrons. The maximum absolute atomic E-state index is 6.08. The third-order valence-corrected chi connectivity index (χ3v) is 3.10. The molecule has 0 spiro atoms. The van der Waals surface area contributed by atoms with Crippen LogP contribution in [0.25, 0.3) is 0 Å². The Morgan fingerprint density at radius 3 is 2.63 bits per heavy atom. The molecule has 0 aliphatic carbocycles. The minimum absolute atomic E-state index is 0.255. The van der Waals surface area contributed by atoms with E-state index in [9.17, 15) is 0 Å². The SMILES string of the molecule is COc1cccc(C(CN)Oc2ccccc2Cl)c1. The summed E-state index contributed by atoms with van der Waals surface area (Å²) >= 11 is 6.08. The van der Waals surface area contributed by atoms with Crippen molar-refractivity contribution in [1.29, 1.82) is 0 Å². The van der Waals surface area contributed by atoms with E-state index in [1.54, 1.807) is 13.2 Å². The van der Waals surface area contributed by atoms with E-state index >= 15 is 0 Å². The van der Waals surface area contributed by atoms with Crippen LogP contribution in [0.4, 0.5) is 0 Å². The Bertz CT molecular complexity index is 545. The molecular weight excluding hydrogens is 262 g/mol. The second-order valence-electron chi connectivity index (χ2n) is 4.05. The predicted octanol–water partition coefficient (Wildman–Crippen LogP) is 3.43. The molecule has 0 aliphatic rings. The molecular formula is C15H16ClNO2. The maximum Gasteiger partial charge on any atom is 0.138 e. The first-order chi connectivity index (χ1) is 9.24. The summed E-state index contributed by atoms with van der Waals surface area (Å²) in [5.74, 6) is 1.40. The van der Waals surface area contributed by atoms with Gasteiger partial charge in [-0.2, -0.15) is 0 Å². The molecule has 1 atom stereocenters. The number of benzene rings is 2. The Labute approximate surface area is 117 Å². The van der Waals surface area contributed by atoms with Crippen molar-refractivity contribution >= 4 is 11.6 Å². The van der Waals surface area contributed by atoms with E-state index in [-0.39, 0.29) is 6.10 Å². The van der Waals surface area contributed by atoms with Crippen molar-refractivity contribution in [1.82, 2.24) is 0 Å². The summed E-state index contributed by atoms with van der Waals surface area (Å²) in [5.41, 5.74) is 6.75. The van der Waals surface area contributed by atoms with E-state index in [4.69, 9.17) is 26.8 Å². The third-order valence-electron chi connectivity index (χ3n) is 2.79. The quantitative estimate of drug-likeness (QED) is 0.911. The van der Waals surface area contributed by atoms with Crippen LogP contribution in [-0.2, 0) is 0 Å². The molecule has 0 aromatic heterocycles. The van der Waals surface area contributed by atoms with Gasteiger partial charge in [-0.05, 0) is 29.8 Å². The van der Waals surface area contributed by atoms with Gasteiger partial charge in [0.15, 0.2) is 0 Å². The monoisotopic (exact) mass is 277 g/mol. The number of nitrogens with two attached hydrogens (primary N) is 1. The maximum atomic E-state index is 6.08. The Kier molecular flexibility index (Phi) is 4.66. The summed E-state index contributed by atoms with van der Waals surface area (Å²) in [6.07, 6.45) is -0.255. The first kappa shape index (κ1) is 13.7. The highest BCUT2D eigenvalue weighted by atomic mass is 35.5. The van der Waals surface area contributed by atoms with Gasteiger partial charge in [-0.1, -0.05) is 35.9 Å². The molecule has 0 amide bonds. The summed E-state index contributed by atoms with van der Waals surface area (Å²) in [4.78, 5) is 0. The van der Waals surface area contributed by atoms with Crippen molar-refractivity contribution in [2.45, 2.75) is 6.10 Å². The van der Waals surface area contributed by atoms with Crippen molar-refractivity contribution in [3.63, 3.8) is 0 Å².